The summed E-state index contributed by atoms with van der Waals surface area (Å²) in [7, 11) is 0. The van der Waals surface area contributed by atoms with Gasteiger partial charge in [-0.2, -0.15) is 4.98 Å². The summed E-state index contributed by atoms with van der Waals surface area (Å²) in [4.78, 5) is 14.0. The van der Waals surface area contributed by atoms with Gasteiger partial charge in [-0.25, -0.2) is 13.8 Å². The number of morpholine rings is 1. The predicted octanol–water partition coefficient (Wildman–Crippen LogP) is 4.24. The van der Waals surface area contributed by atoms with Crippen LogP contribution >= 0.6 is 0 Å². The van der Waals surface area contributed by atoms with Crippen molar-refractivity contribution in [1.29, 1.82) is 0 Å². The van der Waals surface area contributed by atoms with E-state index in [1.165, 1.54) is 17.7 Å². The fourth-order valence-corrected chi connectivity index (χ4v) is 5.30. The molecule has 4 heterocycles. The maximum absolute atomic E-state index is 15.1. The number of fused-ring (bicyclic) bond motifs is 1. The summed E-state index contributed by atoms with van der Waals surface area (Å²) in [5, 5.41) is 7.14. The standard InChI is InChI=1S/C29H33F2N7O/c1-2-36-10-12-37(13-11-36)19-20-3-5-22(6-4-20)34-29-33-17-21-7-9-38(28(21)35-29)23-15-24(30)27(25(31)16-23)26-18-32-8-14-39-26/h3-7,9,15-17,26,32H,2,8,10-14,18-19H2,1H3,(H,33,34,35). The molecule has 2 aromatic carbocycles. The lowest BCUT2D eigenvalue weighted by atomic mass is 10.1. The van der Waals surface area contributed by atoms with E-state index >= 15 is 8.78 Å². The molecular formula is C29H33F2N7O. The Bertz CT molecular complexity index is 1400. The number of piperazine rings is 1. The van der Waals surface area contributed by atoms with E-state index in [0.29, 0.717) is 37.0 Å². The summed E-state index contributed by atoms with van der Waals surface area (Å²) < 4.78 is 37.4. The molecule has 4 aromatic rings. The highest BCUT2D eigenvalue weighted by molar-refractivity contribution is 5.78. The van der Waals surface area contributed by atoms with Crippen molar-refractivity contribution in [3.8, 4) is 5.69 Å². The quantitative estimate of drug-likeness (QED) is 0.368. The van der Waals surface area contributed by atoms with E-state index in [1.807, 2.05) is 18.2 Å². The highest BCUT2D eigenvalue weighted by Crippen LogP contribution is 2.29. The molecule has 2 N–H and O–H groups in total. The van der Waals surface area contributed by atoms with E-state index in [1.54, 1.807) is 17.0 Å². The van der Waals surface area contributed by atoms with Gasteiger partial charge in [-0.05, 0) is 42.4 Å². The van der Waals surface area contributed by atoms with Gasteiger partial charge in [-0.3, -0.25) is 4.90 Å². The zero-order chi connectivity index (χ0) is 26.8. The van der Waals surface area contributed by atoms with Crippen molar-refractivity contribution in [3.63, 3.8) is 0 Å². The minimum atomic E-state index is -0.648. The van der Waals surface area contributed by atoms with Crippen molar-refractivity contribution in [2.45, 2.75) is 19.6 Å². The molecule has 1 atom stereocenters. The molecule has 0 aliphatic carbocycles. The largest absolute Gasteiger partial charge is 0.371 e. The second-order valence-electron chi connectivity index (χ2n) is 10.1. The molecule has 2 aliphatic rings. The van der Waals surface area contributed by atoms with Crippen molar-refractivity contribution < 1.29 is 13.5 Å². The van der Waals surface area contributed by atoms with Crippen molar-refractivity contribution in [2.75, 3.05) is 57.7 Å². The van der Waals surface area contributed by atoms with Crippen LogP contribution in [0.3, 0.4) is 0 Å². The molecule has 0 bridgehead atoms. The van der Waals surface area contributed by atoms with Crippen LogP contribution in [0.5, 0.6) is 0 Å². The molecule has 0 spiro atoms. The number of rotatable bonds is 7. The molecular weight excluding hydrogens is 500 g/mol. The van der Waals surface area contributed by atoms with Gasteiger partial charge in [-0.1, -0.05) is 19.1 Å². The van der Waals surface area contributed by atoms with Crippen molar-refractivity contribution in [2.24, 2.45) is 0 Å². The molecule has 2 aromatic heterocycles. The zero-order valence-electron chi connectivity index (χ0n) is 22.0. The molecule has 39 heavy (non-hydrogen) atoms. The van der Waals surface area contributed by atoms with E-state index in [4.69, 9.17) is 4.74 Å². The van der Waals surface area contributed by atoms with E-state index < -0.39 is 17.7 Å². The summed E-state index contributed by atoms with van der Waals surface area (Å²) >= 11 is 0. The molecule has 0 radical (unpaired) electrons. The maximum Gasteiger partial charge on any atom is 0.229 e. The molecule has 204 valence electrons. The molecule has 2 aliphatic heterocycles. The van der Waals surface area contributed by atoms with Gasteiger partial charge in [0.15, 0.2) is 0 Å². The Morgan fingerprint density at radius 3 is 2.46 bits per heavy atom. The number of nitrogens with zero attached hydrogens (tertiary/aromatic N) is 5. The Morgan fingerprint density at radius 2 is 1.77 bits per heavy atom. The van der Waals surface area contributed by atoms with Crippen LogP contribution in [0.25, 0.3) is 16.7 Å². The summed E-state index contributed by atoms with van der Waals surface area (Å²) in [6.45, 7) is 10.1. The first kappa shape index (κ1) is 25.8. The Morgan fingerprint density at radius 1 is 1.03 bits per heavy atom. The van der Waals surface area contributed by atoms with E-state index in [-0.39, 0.29) is 5.56 Å². The van der Waals surface area contributed by atoms with Gasteiger partial charge in [0.2, 0.25) is 5.95 Å². The number of likely N-dealkylation sites (N-methyl/N-ethyl adjacent to an activating group) is 1. The molecule has 2 fully saturated rings. The highest BCUT2D eigenvalue weighted by Gasteiger charge is 2.24. The summed E-state index contributed by atoms with van der Waals surface area (Å²) in [6.07, 6.45) is 2.80. The third kappa shape index (κ3) is 5.65. The predicted molar refractivity (Wildman–Crippen MR) is 147 cm³/mol. The van der Waals surface area contributed by atoms with Gasteiger partial charge in [0.05, 0.1) is 17.9 Å². The normalized spacial score (nSPS) is 19.0. The SMILES string of the molecule is CCN1CCN(Cc2ccc(Nc3ncc4ccn(-c5cc(F)c(C6CNCCO6)c(F)c5)c4n3)cc2)CC1. The number of anilines is 2. The fourth-order valence-electron chi connectivity index (χ4n) is 5.30. The van der Waals surface area contributed by atoms with Crippen LogP contribution in [-0.2, 0) is 11.3 Å². The smallest absolute Gasteiger partial charge is 0.229 e. The van der Waals surface area contributed by atoms with Crippen LogP contribution in [0.1, 0.15) is 24.2 Å². The van der Waals surface area contributed by atoms with Crippen LogP contribution in [0.2, 0.25) is 0 Å². The van der Waals surface area contributed by atoms with Gasteiger partial charge in [-0.15, -0.1) is 0 Å². The average Bonchev–Trinajstić information content (AvgIpc) is 3.38. The van der Waals surface area contributed by atoms with Gasteiger partial charge < -0.3 is 24.8 Å². The Kier molecular flexibility index (Phi) is 7.51. The number of hydrogen-bond donors (Lipinski definition) is 2. The Hall–Kier alpha value is -3.44. The summed E-state index contributed by atoms with van der Waals surface area (Å²) in [5.41, 5.74) is 2.98. The lowest BCUT2D eigenvalue weighted by molar-refractivity contribution is 0.0232. The average molecular weight is 534 g/mol. The van der Waals surface area contributed by atoms with E-state index in [2.05, 4.69) is 49.5 Å². The number of hydrogen-bond acceptors (Lipinski definition) is 7. The number of aromatic nitrogens is 3. The molecule has 6 rings (SSSR count). The third-order valence-corrected chi connectivity index (χ3v) is 7.55. The third-order valence-electron chi connectivity index (χ3n) is 7.55. The number of ether oxygens (including phenoxy) is 1. The van der Waals surface area contributed by atoms with Crippen LogP contribution in [-0.4, -0.2) is 76.8 Å². The van der Waals surface area contributed by atoms with Gasteiger partial charge in [0.25, 0.3) is 0 Å². The number of nitrogens with one attached hydrogen (secondary N) is 2. The van der Waals surface area contributed by atoms with E-state index in [9.17, 15) is 0 Å². The zero-order valence-corrected chi connectivity index (χ0v) is 22.0. The highest BCUT2D eigenvalue weighted by atomic mass is 19.1. The summed E-state index contributed by atoms with van der Waals surface area (Å²) in [5.74, 6) is -0.870. The summed E-state index contributed by atoms with van der Waals surface area (Å²) in [6, 6.07) is 12.8. The molecule has 0 amide bonds. The maximum atomic E-state index is 15.1. The first-order chi connectivity index (χ1) is 19.1. The molecule has 2 saturated heterocycles. The molecule has 1 unspecified atom stereocenters. The van der Waals surface area contributed by atoms with Crippen LogP contribution < -0.4 is 10.6 Å². The Balaban J connectivity index is 1.18. The molecule has 8 nitrogen and oxygen atoms in total. The second kappa shape index (κ2) is 11.4. The topological polar surface area (TPSA) is 70.5 Å². The van der Waals surface area contributed by atoms with Gasteiger partial charge in [0.1, 0.15) is 23.4 Å². The van der Waals surface area contributed by atoms with Crippen molar-refractivity contribution in [3.05, 3.63) is 77.6 Å². The minimum absolute atomic E-state index is 0.0499. The monoisotopic (exact) mass is 533 g/mol. The first-order valence-corrected chi connectivity index (χ1v) is 13.5. The Labute approximate surface area is 226 Å². The van der Waals surface area contributed by atoms with Crippen LogP contribution in [0, 0.1) is 11.6 Å². The lowest BCUT2D eigenvalue weighted by Crippen LogP contribution is -2.45. The molecule has 0 saturated carbocycles. The van der Waals surface area contributed by atoms with Crippen LogP contribution in [0.4, 0.5) is 20.4 Å². The van der Waals surface area contributed by atoms with E-state index in [0.717, 1.165) is 50.3 Å². The van der Waals surface area contributed by atoms with Crippen LogP contribution in [0.15, 0.2) is 54.9 Å². The number of halogens is 2. The molecule has 10 heteroatoms. The second-order valence-corrected chi connectivity index (χ2v) is 10.1. The van der Waals surface area contributed by atoms with Gasteiger partial charge >= 0.3 is 0 Å². The van der Waals surface area contributed by atoms with Crippen molar-refractivity contribution in [1.82, 2.24) is 29.7 Å². The minimum Gasteiger partial charge on any atom is -0.371 e. The van der Waals surface area contributed by atoms with Gasteiger partial charge in [0, 0.05) is 69.3 Å². The first-order valence-electron chi connectivity index (χ1n) is 13.5. The number of benzene rings is 2. The lowest BCUT2D eigenvalue weighted by Gasteiger charge is -2.34. The fraction of sp³-hybridized carbons (Fsp3) is 0.379. The van der Waals surface area contributed by atoms with Crippen molar-refractivity contribution >= 4 is 22.7 Å².